The molecule has 0 rings (SSSR count). The normalized spacial score (nSPS) is 14.1. The fourth-order valence-corrected chi connectivity index (χ4v) is 4.40. The number of rotatable bonds is 9. The molecule has 0 spiro atoms. The van der Waals surface area contributed by atoms with Gasteiger partial charge in [0.25, 0.3) is 0 Å². The molecular weight excluding hydrogens is 294 g/mol. The zero-order valence-corrected chi connectivity index (χ0v) is 13.8. The van der Waals surface area contributed by atoms with Gasteiger partial charge in [-0.1, -0.05) is 46.9 Å². The fraction of sp³-hybridized carbons (Fsp3) is 0.556. The van der Waals surface area contributed by atoms with Crippen molar-refractivity contribution < 1.29 is 9.59 Å². The molecule has 0 aromatic rings. The Morgan fingerprint density at radius 2 is 1.82 bits per heavy atom. The third kappa shape index (κ3) is 6.90. The highest BCUT2D eigenvalue weighted by Gasteiger charge is 2.17. The Morgan fingerprint density at radius 1 is 1.24 bits per heavy atom. The van der Waals surface area contributed by atoms with E-state index in [-0.39, 0.29) is 23.7 Å². The van der Waals surface area contributed by atoms with E-state index in [2.05, 4.69) is 35.5 Å². The molecule has 0 amide bonds. The molecular formula is C9H18N2O2P2S2. The minimum atomic E-state index is -0.364. The van der Waals surface area contributed by atoms with Crippen LogP contribution < -0.4 is 10.2 Å². The second-order valence-electron chi connectivity index (χ2n) is 3.37. The smallest absolute Gasteiger partial charge is 0.152 e. The predicted molar refractivity (Wildman–Crippen MR) is 83.8 cm³/mol. The van der Waals surface area contributed by atoms with Gasteiger partial charge in [0, 0.05) is 10.7 Å². The van der Waals surface area contributed by atoms with Crippen molar-refractivity contribution in [2.45, 2.75) is 25.9 Å². The highest BCUT2D eigenvalue weighted by molar-refractivity contribution is 8.78. The third-order valence-electron chi connectivity index (χ3n) is 1.99. The van der Waals surface area contributed by atoms with E-state index >= 15 is 0 Å². The van der Waals surface area contributed by atoms with Gasteiger partial charge in [0.2, 0.25) is 0 Å². The topological polar surface area (TPSA) is 58.2 Å². The Labute approximate surface area is 115 Å². The van der Waals surface area contributed by atoms with E-state index in [1.54, 1.807) is 6.92 Å². The molecule has 98 valence electrons. The summed E-state index contributed by atoms with van der Waals surface area (Å²) in [6.07, 6.45) is 0. The lowest BCUT2D eigenvalue weighted by Gasteiger charge is -2.16. The number of hydrogen-bond acceptors (Lipinski definition) is 6. The maximum absolute atomic E-state index is 11.2. The molecule has 0 aliphatic carbocycles. The summed E-state index contributed by atoms with van der Waals surface area (Å²) in [5, 5.41) is 5.68. The zero-order valence-electron chi connectivity index (χ0n) is 9.86. The van der Waals surface area contributed by atoms with E-state index in [1.807, 2.05) is 0 Å². The number of Topliss-reactive ketones (excluding diaryl/α,β-unsaturated/α-hetero) is 2. The van der Waals surface area contributed by atoms with Gasteiger partial charge in [-0.2, -0.15) is 0 Å². The average Bonchev–Trinajstić information content (AvgIpc) is 2.24. The molecule has 0 heterocycles. The second kappa shape index (κ2) is 9.48. The van der Waals surface area contributed by atoms with Crippen molar-refractivity contribution in [3.8, 4) is 0 Å². The molecule has 0 saturated carbocycles. The molecule has 17 heavy (non-hydrogen) atoms. The van der Waals surface area contributed by atoms with Crippen LogP contribution in [0.25, 0.3) is 0 Å². The van der Waals surface area contributed by atoms with E-state index in [1.165, 1.54) is 28.5 Å². The average molecular weight is 312 g/mol. The molecule has 0 aromatic carbocycles. The van der Waals surface area contributed by atoms with Gasteiger partial charge in [-0.15, -0.1) is 0 Å². The standard InChI is InChI=1S/C9H18N2O2P2S2/c1-5(12)8(10-14)4-16-17-7(3)9(11-15)6(2)13/h8-11H,3-4,14-15H2,1-2H3/t8-,9+/m0/s1. The van der Waals surface area contributed by atoms with Crippen LogP contribution >= 0.6 is 40.4 Å². The Morgan fingerprint density at radius 3 is 2.18 bits per heavy atom. The van der Waals surface area contributed by atoms with Crippen LogP contribution in [-0.4, -0.2) is 29.4 Å². The van der Waals surface area contributed by atoms with Crippen LogP contribution in [0.15, 0.2) is 11.5 Å². The number of nitrogens with one attached hydrogen (secondary N) is 2. The summed E-state index contributed by atoms with van der Waals surface area (Å²) in [7, 11) is 7.58. The lowest BCUT2D eigenvalue weighted by Crippen LogP contribution is -2.31. The van der Waals surface area contributed by atoms with E-state index < -0.39 is 0 Å². The largest absolute Gasteiger partial charge is 0.298 e. The Balaban J connectivity index is 4.07. The predicted octanol–water partition coefficient (Wildman–Crippen LogP) is 1.56. The summed E-state index contributed by atoms with van der Waals surface area (Å²) in [6.45, 7) is 6.91. The molecule has 4 nitrogen and oxygen atoms in total. The summed E-state index contributed by atoms with van der Waals surface area (Å²) in [5.74, 6) is 0.737. The van der Waals surface area contributed by atoms with Crippen molar-refractivity contribution in [1.82, 2.24) is 10.2 Å². The van der Waals surface area contributed by atoms with Gasteiger partial charge < -0.3 is 0 Å². The van der Waals surface area contributed by atoms with E-state index in [4.69, 9.17) is 0 Å². The first-order chi connectivity index (χ1) is 7.93. The molecule has 0 aromatic heterocycles. The maximum atomic E-state index is 11.2. The van der Waals surface area contributed by atoms with Crippen LogP contribution in [0.2, 0.25) is 0 Å². The lowest BCUT2D eigenvalue weighted by atomic mass is 10.2. The van der Waals surface area contributed by atoms with Gasteiger partial charge in [-0.3, -0.25) is 19.8 Å². The minimum absolute atomic E-state index is 0.0189. The van der Waals surface area contributed by atoms with Gasteiger partial charge in [0.1, 0.15) is 11.8 Å². The molecule has 8 heteroatoms. The zero-order chi connectivity index (χ0) is 13.4. The first kappa shape index (κ1) is 17.6. The van der Waals surface area contributed by atoms with Crippen molar-refractivity contribution in [3.63, 3.8) is 0 Å². The number of hydrogen-bond donors (Lipinski definition) is 2. The Hall–Kier alpha value is 0.560. The highest BCUT2D eigenvalue weighted by Crippen LogP contribution is 2.32. The van der Waals surface area contributed by atoms with Gasteiger partial charge in [-0.25, -0.2) is 0 Å². The second-order valence-corrected chi connectivity index (χ2v) is 6.51. The molecule has 0 saturated heterocycles. The summed E-state index contributed by atoms with van der Waals surface area (Å²) < 4.78 is 0. The molecule has 2 N–H and O–H groups in total. The quantitative estimate of drug-likeness (QED) is 0.498. The summed E-state index contributed by atoms with van der Waals surface area (Å²) >= 11 is 0. The molecule has 0 aliphatic heterocycles. The lowest BCUT2D eigenvalue weighted by molar-refractivity contribution is -0.118. The van der Waals surface area contributed by atoms with Crippen molar-refractivity contribution in [3.05, 3.63) is 11.5 Å². The monoisotopic (exact) mass is 312 g/mol. The Bertz CT molecular complexity index is 303. The fourth-order valence-electron chi connectivity index (χ4n) is 0.946. The summed E-state index contributed by atoms with van der Waals surface area (Å²) in [6, 6.07) is -0.553. The van der Waals surface area contributed by atoms with E-state index in [0.717, 1.165) is 4.91 Å². The molecule has 0 bridgehead atoms. The van der Waals surface area contributed by atoms with Gasteiger partial charge in [0.05, 0.1) is 6.04 Å². The van der Waals surface area contributed by atoms with Crippen LogP contribution in [0.4, 0.5) is 0 Å². The van der Waals surface area contributed by atoms with Gasteiger partial charge >= 0.3 is 0 Å². The van der Waals surface area contributed by atoms with Crippen molar-refractivity contribution in [2.24, 2.45) is 0 Å². The highest BCUT2D eigenvalue weighted by atomic mass is 33.1. The van der Waals surface area contributed by atoms with Crippen LogP contribution in [0.3, 0.4) is 0 Å². The number of ketones is 2. The SMILES string of the molecule is C=C(SSC[C@H](NP)C(C)=O)[C@H](NP)C(C)=O. The first-order valence-electron chi connectivity index (χ1n) is 4.85. The number of carbonyl (C=O) groups excluding carboxylic acids is 2. The van der Waals surface area contributed by atoms with E-state index in [0.29, 0.717) is 5.75 Å². The van der Waals surface area contributed by atoms with Gasteiger partial charge in [-0.05, 0) is 13.8 Å². The molecule has 0 aliphatic rings. The minimum Gasteiger partial charge on any atom is -0.298 e. The van der Waals surface area contributed by atoms with Gasteiger partial charge in [0.15, 0.2) is 5.78 Å². The van der Waals surface area contributed by atoms with Crippen molar-refractivity contribution in [2.75, 3.05) is 5.75 Å². The molecule has 2 unspecified atom stereocenters. The van der Waals surface area contributed by atoms with Crippen LogP contribution in [0.1, 0.15) is 13.8 Å². The first-order valence-corrected chi connectivity index (χ1v) is 8.32. The molecule has 0 radical (unpaired) electrons. The van der Waals surface area contributed by atoms with E-state index in [9.17, 15) is 9.59 Å². The van der Waals surface area contributed by atoms with Crippen LogP contribution in [-0.2, 0) is 9.59 Å². The van der Waals surface area contributed by atoms with Crippen molar-refractivity contribution >= 4 is 51.9 Å². The van der Waals surface area contributed by atoms with Crippen LogP contribution in [0.5, 0.6) is 0 Å². The van der Waals surface area contributed by atoms with Crippen LogP contribution in [0, 0.1) is 0 Å². The number of carbonyl (C=O) groups is 2. The summed E-state index contributed by atoms with van der Waals surface area (Å²) in [5.41, 5.74) is 0. The van der Waals surface area contributed by atoms with Crippen molar-refractivity contribution in [1.29, 1.82) is 0 Å². The Kier molecular flexibility index (Phi) is 9.80. The molecule has 0 fully saturated rings. The molecule has 4 atom stereocenters. The third-order valence-corrected chi connectivity index (χ3v) is 5.16. The maximum Gasteiger partial charge on any atom is 0.152 e. The summed E-state index contributed by atoms with van der Waals surface area (Å²) in [4.78, 5) is 23.1.